The number of aryl methyl sites for hydroxylation is 2. The third-order valence-electron chi connectivity index (χ3n) is 3.07. The number of halogens is 1. The molecule has 0 saturated heterocycles. The van der Waals surface area contributed by atoms with Crippen molar-refractivity contribution >= 4 is 0 Å². The zero-order chi connectivity index (χ0) is 14.0. The van der Waals surface area contributed by atoms with Gasteiger partial charge in [-0.05, 0) is 12.5 Å². The summed E-state index contributed by atoms with van der Waals surface area (Å²) in [5.41, 5.74) is 1.58. The molecular formula is C14H17FN2O2. The number of aliphatic hydroxyl groups is 1. The lowest BCUT2D eigenvalue weighted by atomic mass is 10.0. The highest BCUT2D eigenvalue weighted by Crippen LogP contribution is 2.30. The molecule has 1 heterocycles. The minimum Gasteiger partial charge on any atom is -0.494 e. The first-order chi connectivity index (χ1) is 9.08. The Balaban J connectivity index is 2.46. The molecule has 0 aliphatic rings. The number of rotatable bonds is 4. The van der Waals surface area contributed by atoms with Crippen molar-refractivity contribution in [2.45, 2.75) is 19.4 Å². The topological polar surface area (TPSA) is 47.3 Å². The van der Waals surface area contributed by atoms with Crippen LogP contribution in [0.4, 0.5) is 4.39 Å². The molecule has 1 aromatic heterocycles. The molecule has 0 amide bonds. The van der Waals surface area contributed by atoms with Gasteiger partial charge < -0.3 is 9.84 Å². The van der Waals surface area contributed by atoms with E-state index >= 15 is 0 Å². The molecule has 102 valence electrons. The second kappa shape index (κ2) is 5.40. The quantitative estimate of drug-likeness (QED) is 0.921. The van der Waals surface area contributed by atoms with E-state index in [1.165, 1.54) is 13.2 Å². The van der Waals surface area contributed by atoms with Crippen LogP contribution in [0.1, 0.15) is 29.8 Å². The van der Waals surface area contributed by atoms with Crippen molar-refractivity contribution in [3.63, 3.8) is 0 Å². The Morgan fingerprint density at radius 1 is 1.42 bits per heavy atom. The Morgan fingerprint density at radius 3 is 2.79 bits per heavy atom. The Kier molecular flexibility index (Phi) is 3.85. The fourth-order valence-electron chi connectivity index (χ4n) is 2.12. The molecule has 0 spiro atoms. The van der Waals surface area contributed by atoms with Crippen LogP contribution in [0.5, 0.6) is 5.75 Å². The molecule has 0 bridgehead atoms. The number of aromatic nitrogens is 2. The van der Waals surface area contributed by atoms with Crippen molar-refractivity contribution in [2.75, 3.05) is 7.11 Å². The summed E-state index contributed by atoms with van der Waals surface area (Å²) >= 11 is 0. The normalized spacial score (nSPS) is 12.5. The van der Waals surface area contributed by atoms with Gasteiger partial charge in [0.25, 0.3) is 0 Å². The summed E-state index contributed by atoms with van der Waals surface area (Å²) in [5.74, 6) is -0.415. The Hall–Kier alpha value is -1.88. The molecule has 1 atom stereocenters. The van der Waals surface area contributed by atoms with Gasteiger partial charge in [-0.2, -0.15) is 5.10 Å². The van der Waals surface area contributed by atoms with Gasteiger partial charge in [0.2, 0.25) is 0 Å². The lowest BCUT2D eigenvalue weighted by molar-refractivity contribution is 0.212. The van der Waals surface area contributed by atoms with Crippen molar-refractivity contribution in [1.29, 1.82) is 0 Å². The van der Waals surface area contributed by atoms with Gasteiger partial charge >= 0.3 is 0 Å². The fraction of sp³-hybridized carbons (Fsp3) is 0.357. The Labute approximate surface area is 111 Å². The van der Waals surface area contributed by atoms with E-state index < -0.39 is 11.9 Å². The van der Waals surface area contributed by atoms with Crippen LogP contribution in [0.15, 0.2) is 24.4 Å². The summed E-state index contributed by atoms with van der Waals surface area (Å²) in [5, 5.41) is 14.6. The summed E-state index contributed by atoms with van der Waals surface area (Å²) in [4.78, 5) is 0. The van der Waals surface area contributed by atoms with E-state index in [0.29, 0.717) is 12.0 Å². The lowest BCUT2D eigenvalue weighted by Crippen LogP contribution is -2.05. The number of aliphatic hydroxyl groups excluding tert-OH is 1. The van der Waals surface area contributed by atoms with E-state index in [4.69, 9.17) is 4.74 Å². The van der Waals surface area contributed by atoms with Crippen LogP contribution in [0.2, 0.25) is 0 Å². The van der Waals surface area contributed by atoms with Gasteiger partial charge in [-0.25, -0.2) is 4.39 Å². The molecule has 0 saturated carbocycles. The third-order valence-corrected chi connectivity index (χ3v) is 3.07. The molecule has 0 radical (unpaired) electrons. The van der Waals surface area contributed by atoms with Crippen LogP contribution in [0.3, 0.4) is 0 Å². The van der Waals surface area contributed by atoms with E-state index in [-0.39, 0.29) is 11.3 Å². The summed E-state index contributed by atoms with van der Waals surface area (Å²) in [7, 11) is 3.17. The minimum atomic E-state index is -1.04. The van der Waals surface area contributed by atoms with Crippen molar-refractivity contribution in [2.24, 2.45) is 7.05 Å². The summed E-state index contributed by atoms with van der Waals surface area (Å²) in [6.07, 6.45) is 1.35. The Morgan fingerprint density at radius 2 is 2.16 bits per heavy atom. The van der Waals surface area contributed by atoms with Crippen LogP contribution < -0.4 is 4.74 Å². The first-order valence-electron chi connectivity index (χ1n) is 6.11. The number of benzene rings is 1. The van der Waals surface area contributed by atoms with Gasteiger partial charge in [-0.15, -0.1) is 0 Å². The number of nitrogens with zero attached hydrogens (tertiary/aromatic N) is 2. The van der Waals surface area contributed by atoms with E-state index in [0.717, 1.165) is 5.69 Å². The first-order valence-corrected chi connectivity index (χ1v) is 6.11. The van der Waals surface area contributed by atoms with Gasteiger partial charge in [0, 0.05) is 24.4 Å². The van der Waals surface area contributed by atoms with E-state index in [1.807, 2.05) is 6.92 Å². The zero-order valence-corrected chi connectivity index (χ0v) is 11.2. The van der Waals surface area contributed by atoms with Gasteiger partial charge in [-0.1, -0.05) is 19.1 Å². The SMILES string of the molecule is CCc1nn(C)cc1C(O)c1cccc(OC)c1F. The van der Waals surface area contributed by atoms with Crippen molar-refractivity contribution in [3.05, 3.63) is 47.0 Å². The maximum Gasteiger partial charge on any atom is 0.171 e. The smallest absolute Gasteiger partial charge is 0.171 e. The van der Waals surface area contributed by atoms with Crippen molar-refractivity contribution in [3.8, 4) is 5.75 Å². The van der Waals surface area contributed by atoms with Crippen LogP contribution in [0.25, 0.3) is 0 Å². The largest absolute Gasteiger partial charge is 0.494 e. The predicted molar refractivity (Wildman–Crippen MR) is 69.6 cm³/mol. The number of hydrogen-bond donors (Lipinski definition) is 1. The maximum atomic E-state index is 14.1. The third kappa shape index (κ3) is 2.46. The standard InChI is InChI=1S/C14H17FN2O2/c1-4-11-10(8-17(2)16-11)14(18)9-6-5-7-12(19-3)13(9)15/h5-8,14,18H,4H2,1-3H3. The van der Waals surface area contributed by atoms with Gasteiger partial charge in [0.1, 0.15) is 6.10 Å². The molecule has 5 heteroatoms. The van der Waals surface area contributed by atoms with Crippen molar-refractivity contribution in [1.82, 2.24) is 9.78 Å². The average molecular weight is 264 g/mol. The molecule has 0 fully saturated rings. The summed E-state index contributed by atoms with van der Waals surface area (Å²) in [6, 6.07) is 4.73. The van der Waals surface area contributed by atoms with E-state index in [2.05, 4.69) is 5.10 Å². The molecule has 2 rings (SSSR count). The van der Waals surface area contributed by atoms with Crippen LogP contribution in [0, 0.1) is 5.82 Å². The number of methoxy groups -OCH3 is 1. The molecular weight excluding hydrogens is 247 g/mol. The lowest BCUT2D eigenvalue weighted by Gasteiger charge is -2.13. The monoisotopic (exact) mass is 264 g/mol. The van der Waals surface area contributed by atoms with Gasteiger partial charge in [-0.3, -0.25) is 4.68 Å². The van der Waals surface area contributed by atoms with Gasteiger partial charge in [0.15, 0.2) is 11.6 Å². The second-order valence-electron chi connectivity index (χ2n) is 4.32. The first kappa shape index (κ1) is 13.5. The maximum absolute atomic E-state index is 14.1. The number of hydrogen-bond acceptors (Lipinski definition) is 3. The molecule has 1 unspecified atom stereocenters. The molecule has 1 N–H and O–H groups in total. The minimum absolute atomic E-state index is 0.124. The average Bonchev–Trinajstić information content (AvgIpc) is 2.79. The van der Waals surface area contributed by atoms with E-state index in [1.54, 1.807) is 30.1 Å². The van der Waals surface area contributed by atoms with Crippen LogP contribution in [-0.2, 0) is 13.5 Å². The van der Waals surface area contributed by atoms with Gasteiger partial charge in [0.05, 0.1) is 12.8 Å². The fourth-order valence-corrected chi connectivity index (χ4v) is 2.12. The second-order valence-corrected chi connectivity index (χ2v) is 4.32. The molecule has 1 aromatic carbocycles. The van der Waals surface area contributed by atoms with Crippen molar-refractivity contribution < 1.29 is 14.2 Å². The molecule has 4 nitrogen and oxygen atoms in total. The highest BCUT2D eigenvalue weighted by molar-refractivity contribution is 5.37. The van der Waals surface area contributed by atoms with E-state index in [9.17, 15) is 9.50 Å². The number of ether oxygens (including phenoxy) is 1. The highest BCUT2D eigenvalue weighted by Gasteiger charge is 2.21. The molecule has 2 aromatic rings. The summed E-state index contributed by atoms with van der Waals surface area (Å²) < 4.78 is 20.7. The Bertz CT molecular complexity index is 581. The highest BCUT2D eigenvalue weighted by atomic mass is 19.1. The molecule has 0 aliphatic carbocycles. The zero-order valence-electron chi connectivity index (χ0n) is 11.2. The molecule has 19 heavy (non-hydrogen) atoms. The predicted octanol–water partition coefficient (Wildman–Crippen LogP) is 2.21. The summed E-state index contributed by atoms with van der Waals surface area (Å²) in [6.45, 7) is 1.94. The van der Waals surface area contributed by atoms with Crippen LogP contribution in [-0.4, -0.2) is 22.0 Å². The van der Waals surface area contributed by atoms with Crippen LogP contribution >= 0.6 is 0 Å². The molecule has 0 aliphatic heterocycles.